The summed E-state index contributed by atoms with van der Waals surface area (Å²) in [5.74, 6) is 0.456. The first kappa shape index (κ1) is 27.1. The number of hydrogen-bond acceptors (Lipinski definition) is 7. The van der Waals surface area contributed by atoms with Gasteiger partial charge in [0.15, 0.2) is 0 Å². The van der Waals surface area contributed by atoms with Crippen molar-refractivity contribution in [2.24, 2.45) is 5.92 Å². The number of ether oxygens (including phenoxy) is 3. The molecule has 1 atom stereocenters. The molecule has 8 heteroatoms. The van der Waals surface area contributed by atoms with Crippen LogP contribution in [0.1, 0.15) is 37.4 Å². The van der Waals surface area contributed by atoms with Gasteiger partial charge in [0.2, 0.25) is 0 Å². The molecule has 194 valence electrons. The van der Waals surface area contributed by atoms with Gasteiger partial charge in [0.1, 0.15) is 23.0 Å². The minimum absolute atomic E-state index is 0.0206. The van der Waals surface area contributed by atoms with E-state index in [0.29, 0.717) is 53.9 Å². The summed E-state index contributed by atoms with van der Waals surface area (Å²) in [6, 6.07) is 11.2. The number of aliphatic hydroxyl groups excluding tert-OH is 1. The second kappa shape index (κ2) is 11.9. The number of ketones is 1. The molecule has 3 rings (SSSR count). The molecule has 2 aromatic carbocycles. The third-order valence-electron chi connectivity index (χ3n) is 5.99. The largest absolute Gasteiger partial charge is 0.507 e. The lowest BCUT2D eigenvalue weighted by molar-refractivity contribution is -0.140. The van der Waals surface area contributed by atoms with E-state index in [2.05, 4.69) is 13.8 Å². The van der Waals surface area contributed by atoms with Gasteiger partial charge in [0, 0.05) is 17.7 Å². The predicted molar refractivity (Wildman–Crippen MR) is 139 cm³/mol. The summed E-state index contributed by atoms with van der Waals surface area (Å²) in [5, 5.41) is 11.3. The molecule has 0 spiro atoms. The van der Waals surface area contributed by atoms with Crippen LogP contribution >= 0.6 is 0 Å². The number of carbonyl (C=O) groups is 2. The SMILES string of the molecule is COc1ccc(OC)c(C2C(=C(O)c3ccc(OCC(C)C)cc3)C(=O)C(=O)N2CCCN(C)C)c1. The van der Waals surface area contributed by atoms with Crippen molar-refractivity contribution in [2.45, 2.75) is 26.3 Å². The van der Waals surface area contributed by atoms with E-state index in [9.17, 15) is 14.7 Å². The van der Waals surface area contributed by atoms with Crippen molar-refractivity contribution in [1.29, 1.82) is 0 Å². The van der Waals surface area contributed by atoms with Crippen LogP contribution in [0.4, 0.5) is 0 Å². The number of likely N-dealkylation sites (tertiary alicyclic amines) is 1. The predicted octanol–water partition coefficient (Wildman–Crippen LogP) is 4.11. The molecule has 1 aliphatic heterocycles. The molecule has 0 bridgehead atoms. The normalized spacial score (nSPS) is 17.2. The highest BCUT2D eigenvalue weighted by molar-refractivity contribution is 6.46. The average Bonchev–Trinajstić information content (AvgIpc) is 3.11. The lowest BCUT2D eigenvalue weighted by Crippen LogP contribution is -2.32. The number of Topliss-reactive ketones (excluding diaryl/α,β-unsaturated/α-hetero) is 1. The van der Waals surface area contributed by atoms with Crippen molar-refractivity contribution in [3.63, 3.8) is 0 Å². The molecule has 1 fully saturated rings. The smallest absolute Gasteiger partial charge is 0.295 e. The van der Waals surface area contributed by atoms with Gasteiger partial charge >= 0.3 is 0 Å². The summed E-state index contributed by atoms with van der Waals surface area (Å²) in [6.45, 7) is 5.77. The topological polar surface area (TPSA) is 88.5 Å². The number of benzene rings is 2. The first-order chi connectivity index (χ1) is 17.2. The highest BCUT2D eigenvalue weighted by Crippen LogP contribution is 2.44. The van der Waals surface area contributed by atoms with E-state index in [4.69, 9.17) is 14.2 Å². The maximum Gasteiger partial charge on any atom is 0.295 e. The Morgan fingerprint density at radius 2 is 1.69 bits per heavy atom. The molecule has 1 N–H and O–H groups in total. The van der Waals surface area contributed by atoms with Gasteiger partial charge < -0.3 is 29.1 Å². The summed E-state index contributed by atoms with van der Waals surface area (Å²) in [7, 11) is 6.97. The Labute approximate surface area is 213 Å². The van der Waals surface area contributed by atoms with Crippen molar-refractivity contribution in [1.82, 2.24) is 9.80 Å². The van der Waals surface area contributed by atoms with Crippen LogP contribution < -0.4 is 14.2 Å². The number of carbonyl (C=O) groups excluding carboxylic acids is 2. The summed E-state index contributed by atoms with van der Waals surface area (Å²) in [5.41, 5.74) is 1.01. The van der Waals surface area contributed by atoms with Crippen molar-refractivity contribution in [3.05, 3.63) is 59.2 Å². The van der Waals surface area contributed by atoms with E-state index in [1.807, 2.05) is 19.0 Å². The molecule has 0 aliphatic carbocycles. The van der Waals surface area contributed by atoms with Gasteiger partial charge in [-0.1, -0.05) is 13.8 Å². The molecule has 2 aromatic rings. The maximum atomic E-state index is 13.3. The van der Waals surface area contributed by atoms with Crippen LogP contribution in [0.25, 0.3) is 5.76 Å². The number of rotatable bonds is 11. The Morgan fingerprint density at radius 1 is 1.03 bits per heavy atom. The van der Waals surface area contributed by atoms with Gasteiger partial charge in [-0.2, -0.15) is 0 Å². The molecule has 1 saturated heterocycles. The van der Waals surface area contributed by atoms with Crippen LogP contribution in [0, 0.1) is 5.92 Å². The third-order valence-corrected chi connectivity index (χ3v) is 5.99. The minimum atomic E-state index is -0.825. The van der Waals surface area contributed by atoms with Crippen molar-refractivity contribution >= 4 is 17.4 Å². The molecule has 1 aliphatic rings. The van der Waals surface area contributed by atoms with Crippen LogP contribution in [0.15, 0.2) is 48.0 Å². The number of nitrogens with zero attached hydrogens (tertiary/aromatic N) is 2. The number of hydrogen-bond donors (Lipinski definition) is 1. The van der Waals surface area contributed by atoms with Crippen LogP contribution in [0.2, 0.25) is 0 Å². The van der Waals surface area contributed by atoms with E-state index in [1.165, 1.54) is 12.0 Å². The van der Waals surface area contributed by atoms with Crippen LogP contribution in [0.3, 0.4) is 0 Å². The fourth-order valence-corrected chi connectivity index (χ4v) is 4.17. The highest BCUT2D eigenvalue weighted by Gasteiger charge is 2.47. The molecule has 1 unspecified atom stereocenters. The quantitative estimate of drug-likeness (QED) is 0.285. The Kier molecular flexibility index (Phi) is 8.98. The van der Waals surface area contributed by atoms with E-state index in [0.717, 1.165) is 6.54 Å². The van der Waals surface area contributed by atoms with E-state index >= 15 is 0 Å². The van der Waals surface area contributed by atoms with Gasteiger partial charge in [-0.05, 0) is 75.4 Å². The first-order valence-electron chi connectivity index (χ1n) is 12.1. The van der Waals surface area contributed by atoms with Crippen molar-refractivity contribution in [3.8, 4) is 17.2 Å². The Morgan fingerprint density at radius 3 is 2.28 bits per heavy atom. The minimum Gasteiger partial charge on any atom is -0.507 e. The molecule has 1 amide bonds. The first-order valence-corrected chi connectivity index (χ1v) is 12.1. The molecule has 36 heavy (non-hydrogen) atoms. The summed E-state index contributed by atoms with van der Waals surface area (Å²) < 4.78 is 16.7. The van der Waals surface area contributed by atoms with E-state index in [1.54, 1.807) is 49.6 Å². The Balaban J connectivity index is 2.10. The van der Waals surface area contributed by atoms with E-state index < -0.39 is 17.7 Å². The molecule has 0 aromatic heterocycles. The zero-order valence-corrected chi connectivity index (χ0v) is 21.9. The molecule has 0 radical (unpaired) electrons. The number of methoxy groups -OCH3 is 2. The monoisotopic (exact) mass is 496 g/mol. The fraction of sp³-hybridized carbons (Fsp3) is 0.429. The van der Waals surface area contributed by atoms with Gasteiger partial charge in [0.25, 0.3) is 11.7 Å². The zero-order chi connectivity index (χ0) is 26.4. The zero-order valence-electron chi connectivity index (χ0n) is 21.9. The highest BCUT2D eigenvalue weighted by atomic mass is 16.5. The van der Waals surface area contributed by atoms with Gasteiger partial charge in [-0.15, -0.1) is 0 Å². The average molecular weight is 497 g/mol. The van der Waals surface area contributed by atoms with Gasteiger partial charge in [-0.25, -0.2) is 0 Å². The molecule has 1 heterocycles. The molecule has 0 saturated carbocycles. The van der Waals surface area contributed by atoms with Crippen LogP contribution in [-0.4, -0.2) is 74.6 Å². The second-order valence-corrected chi connectivity index (χ2v) is 9.49. The van der Waals surface area contributed by atoms with Crippen LogP contribution in [0.5, 0.6) is 17.2 Å². The molecular formula is C28H36N2O6. The van der Waals surface area contributed by atoms with E-state index in [-0.39, 0.29) is 11.3 Å². The summed E-state index contributed by atoms with van der Waals surface area (Å²) in [6.07, 6.45) is 0.657. The standard InChI is InChI=1S/C28H36N2O6/c1-18(2)17-36-20-10-8-19(9-11-20)26(31)24-25(22-16-21(34-5)12-13-23(22)35-6)30(28(33)27(24)32)15-7-14-29(3)4/h8-13,16,18,25,31H,7,14-15,17H2,1-6H3. The van der Waals surface area contributed by atoms with Crippen molar-refractivity contribution < 1.29 is 28.9 Å². The number of amides is 1. The molecule has 8 nitrogen and oxygen atoms in total. The third kappa shape index (κ3) is 5.99. The summed E-state index contributed by atoms with van der Waals surface area (Å²) in [4.78, 5) is 30.0. The lowest BCUT2D eigenvalue weighted by atomic mass is 9.94. The fourth-order valence-electron chi connectivity index (χ4n) is 4.17. The molecular weight excluding hydrogens is 460 g/mol. The van der Waals surface area contributed by atoms with Gasteiger partial charge in [-0.3, -0.25) is 9.59 Å². The van der Waals surface area contributed by atoms with Gasteiger partial charge in [0.05, 0.1) is 32.4 Å². The number of aliphatic hydroxyl groups is 1. The van der Waals surface area contributed by atoms with Crippen molar-refractivity contribution in [2.75, 3.05) is 48.0 Å². The Hall–Kier alpha value is -3.52. The maximum absolute atomic E-state index is 13.3. The lowest BCUT2D eigenvalue weighted by Gasteiger charge is -2.27. The summed E-state index contributed by atoms with van der Waals surface area (Å²) >= 11 is 0. The second-order valence-electron chi connectivity index (χ2n) is 9.49. The van der Waals surface area contributed by atoms with Crippen LogP contribution in [-0.2, 0) is 9.59 Å². The Bertz CT molecular complexity index is 1110.